The predicted octanol–water partition coefficient (Wildman–Crippen LogP) is 1.31. The summed E-state index contributed by atoms with van der Waals surface area (Å²) in [5.74, 6) is 0.428. The zero-order chi connectivity index (χ0) is 10.8. The van der Waals surface area contributed by atoms with E-state index in [1.165, 1.54) is 0 Å². The molecular formula is C9H11ClN4O. The highest BCUT2D eigenvalue weighted by Gasteiger charge is 2.09. The average Bonchev–Trinajstić information content (AvgIpc) is 2.51. The number of rotatable bonds is 3. The van der Waals surface area contributed by atoms with Crippen LogP contribution in [0.2, 0.25) is 5.15 Å². The van der Waals surface area contributed by atoms with Crippen LogP contribution in [-0.4, -0.2) is 28.3 Å². The van der Waals surface area contributed by atoms with Gasteiger partial charge < -0.3 is 10.5 Å². The van der Waals surface area contributed by atoms with Gasteiger partial charge in [0.05, 0.1) is 13.2 Å². The van der Waals surface area contributed by atoms with E-state index in [1.807, 2.05) is 0 Å². The number of halogens is 1. The normalized spacial score (nSPS) is 11.1. The SMILES string of the molecule is COCCn1c(N)nc2ccc(Cl)nc21. The first-order chi connectivity index (χ1) is 7.22. The molecule has 0 aromatic carbocycles. The molecular weight excluding hydrogens is 216 g/mol. The fraction of sp³-hybridized carbons (Fsp3) is 0.333. The molecule has 0 aliphatic heterocycles. The maximum Gasteiger partial charge on any atom is 0.202 e. The standard InChI is InChI=1S/C9H11ClN4O/c1-15-5-4-14-8-6(12-9(14)11)2-3-7(10)13-8/h2-3H,4-5H2,1H3,(H2,11,12). The minimum absolute atomic E-state index is 0.428. The van der Waals surface area contributed by atoms with E-state index in [4.69, 9.17) is 22.1 Å². The molecule has 0 fully saturated rings. The second kappa shape index (κ2) is 4.04. The van der Waals surface area contributed by atoms with Crippen LogP contribution in [0.5, 0.6) is 0 Å². The van der Waals surface area contributed by atoms with Crippen LogP contribution in [0.3, 0.4) is 0 Å². The number of ether oxygens (including phenoxy) is 1. The van der Waals surface area contributed by atoms with Gasteiger partial charge in [-0.2, -0.15) is 0 Å². The first kappa shape index (κ1) is 10.2. The summed E-state index contributed by atoms with van der Waals surface area (Å²) in [5.41, 5.74) is 7.19. The molecule has 0 spiro atoms. The molecule has 2 rings (SSSR count). The lowest BCUT2D eigenvalue weighted by Gasteiger charge is -2.04. The van der Waals surface area contributed by atoms with Crippen molar-refractivity contribution in [3.8, 4) is 0 Å². The molecule has 2 heterocycles. The third-order valence-corrected chi connectivity index (χ3v) is 2.32. The monoisotopic (exact) mass is 226 g/mol. The molecule has 0 amide bonds. The summed E-state index contributed by atoms with van der Waals surface area (Å²) < 4.78 is 6.77. The third kappa shape index (κ3) is 1.88. The van der Waals surface area contributed by atoms with Gasteiger partial charge in [0.15, 0.2) is 5.65 Å². The van der Waals surface area contributed by atoms with Crippen LogP contribution in [-0.2, 0) is 11.3 Å². The number of nitrogens with zero attached hydrogens (tertiary/aromatic N) is 3. The summed E-state index contributed by atoms with van der Waals surface area (Å²) in [6, 6.07) is 3.49. The van der Waals surface area contributed by atoms with Gasteiger partial charge in [0.2, 0.25) is 5.95 Å². The van der Waals surface area contributed by atoms with E-state index in [2.05, 4.69) is 9.97 Å². The smallest absolute Gasteiger partial charge is 0.202 e. The lowest BCUT2D eigenvalue weighted by Crippen LogP contribution is -2.08. The van der Waals surface area contributed by atoms with E-state index < -0.39 is 0 Å². The fourth-order valence-electron chi connectivity index (χ4n) is 1.40. The van der Waals surface area contributed by atoms with Gasteiger partial charge in [0.1, 0.15) is 10.7 Å². The van der Waals surface area contributed by atoms with Gasteiger partial charge in [0, 0.05) is 7.11 Å². The largest absolute Gasteiger partial charge is 0.383 e. The summed E-state index contributed by atoms with van der Waals surface area (Å²) in [5, 5.41) is 0.432. The van der Waals surface area contributed by atoms with Crippen molar-refractivity contribution < 1.29 is 4.74 Å². The molecule has 15 heavy (non-hydrogen) atoms. The number of hydrogen-bond acceptors (Lipinski definition) is 4. The fourth-order valence-corrected chi connectivity index (χ4v) is 1.54. The van der Waals surface area contributed by atoms with Gasteiger partial charge in [0.25, 0.3) is 0 Å². The Morgan fingerprint density at radius 1 is 1.47 bits per heavy atom. The summed E-state index contributed by atoms with van der Waals surface area (Å²) in [7, 11) is 1.63. The molecule has 5 nitrogen and oxygen atoms in total. The van der Waals surface area contributed by atoms with Crippen molar-refractivity contribution in [3.05, 3.63) is 17.3 Å². The van der Waals surface area contributed by atoms with E-state index in [0.717, 1.165) is 5.52 Å². The minimum Gasteiger partial charge on any atom is -0.383 e. The van der Waals surface area contributed by atoms with Crippen molar-refractivity contribution in [2.75, 3.05) is 19.5 Å². The molecule has 0 bridgehead atoms. The third-order valence-electron chi connectivity index (χ3n) is 2.11. The van der Waals surface area contributed by atoms with Crippen LogP contribution < -0.4 is 5.73 Å². The quantitative estimate of drug-likeness (QED) is 0.802. The van der Waals surface area contributed by atoms with Crippen molar-refractivity contribution in [1.29, 1.82) is 0 Å². The Kier molecular flexibility index (Phi) is 2.75. The lowest BCUT2D eigenvalue weighted by atomic mass is 10.4. The second-order valence-electron chi connectivity index (χ2n) is 3.09. The topological polar surface area (TPSA) is 66.0 Å². The van der Waals surface area contributed by atoms with Crippen LogP contribution in [0.25, 0.3) is 11.2 Å². The molecule has 0 saturated carbocycles. The van der Waals surface area contributed by atoms with E-state index >= 15 is 0 Å². The number of hydrogen-bond donors (Lipinski definition) is 1. The number of anilines is 1. The Labute approximate surface area is 91.8 Å². The van der Waals surface area contributed by atoms with Crippen LogP contribution in [0.15, 0.2) is 12.1 Å². The maximum absolute atomic E-state index is 5.81. The molecule has 0 aliphatic rings. The Bertz CT molecular complexity index is 482. The summed E-state index contributed by atoms with van der Waals surface area (Å²) in [6.45, 7) is 1.18. The number of fused-ring (bicyclic) bond motifs is 1. The molecule has 2 aromatic rings. The van der Waals surface area contributed by atoms with Crippen molar-refractivity contribution in [2.24, 2.45) is 0 Å². The van der Waals surface area contributed by atoms with Crippen molar-refractivity contribution in [2.45, 2.75) is 6.54 Å². The summed E-state index contributed by atoms with van der Waals surface area (Å²) >= 11 is 5.81. The van der Waals surface area contributed by atoms with Gasteiger partial charge in [-0.1, -0.05) is 11.6 Å². The highest BCUT2D eigenvalue weighted by atomic mass is 35.5. The molecule has 6 heteroatoms. The van der Waals surface area contributed by atoms with Gasteiger partial charge in [-0.3, -0.25) is 4.57 Å². The lowest BCUT2D eigenvalue weighted by molar-refractivity contribution is 0.188. The molecule has 0 aliphatic carbocycles. The van der Waals surface area contributed by atoms with E-state index in [1.54, 1.807) is 23.8 Å². The Hall–Kier alpha value is -1.33. The van der Waals surface area contributed by atoms with Crippen molar-refractivity contribution in [1.82, 2.24) is 14.5 Å². The molecule has 0 saturated heterocycles. The van der Waals surface area contributed by atoms with Gasteiger partial charge in [-0.15, -0.1) is 0 Å². The Balaban J connectivity index is 2.50. The summed E-state index contributed by atoms with van der Waals surface area (Å²) in [6.07, 6.45) is 0. The van der Waals surface area contributed by atoms with Gasteiger partial charge >= 0.3 is 0 Å². The Morgan fingerprint density at radius 2 is 2.27 bits per heavy atom. The summed E-state index contributed by atoms with van der Waals surface area (Å²) in [4.78, 5) is 8.35. The van der Waals surface area contributed by atoms with Gasteiger partial charge in [-0.25, -0.2) is 9.97 Å². The molecule has 0 atom stereocenters. The molecule has 80 valence electrons. The Morgan fingerprint density at radius 3 is 3.00 bits per heavy atom. The van der Waals surface area contributed by atoms with Crippen LogP contribution in [0.4, 0.5) is 5.95 Å². The molecule has 0 unspecified atom stereocenters. The van der Waals surface area contributed by atoms with E-state index in [9.17, 15) is 0 Å². The average molecular weight is 227 g/mol. The number of pyridine rings is 1. The van der Waals surface area contributed by atoms with Crippen LogP contribution in [0.1, 0.15) is 0 Å². The van der Waals surface area contributed by atoms with Gasteiger partial charge in [-0.05, 0) is 12.1 Å². The number of imidazole rings is 1. The molecule has 0 radical (unpaired) electrons. The first-order valence-electron chi connectivity index (χ1n) is 4.49. The molecule has 2 N–H and O–H groups in total. The predicted molar refractivity (Wildman–Crippen MR) is 58.8 cm³/mol. The number of nitrogens with two attached hydrogens (primary N) is 1. The van der Waals surface area contributed by atoms with Crippen LogP contribution in [0, 0.1) is 0 Å². The first-order valence-corrected chi connectivity index (χ1v) is 4.87. The minimum atomic E-state index is 0.428. The second-order valence-corrected chi connectivity index (χ2v) is 3.48. The highest BCUT2D eigenvalue weighted by Crippen LogP contribution is 2.17. The maximum atomic E-state index is 5.81. The van der Waals surface area contributed by atoms with E-state index in [-0.39, 0.29) is 0 Å². The number of methoxy groups -OCH3 is 1. The van der Waals surface area contributed by atoms with Crippen molar-refractivity contribution >= 4 is 28.7 Å². The van der Waals surface area contributed by atoms with E-state index in [0.29, 0.717) is 29.9 Å². The zero-order valence-corrected chi connectivity index (χ0v) is 9.03. The molecule has 2 aromatic heterocycles. The van der Waals surface area contributed by atoms with Crippen molar-refractivity contribution in [3.63, 3.8) is 0 Å². The number of aromatic nitrogens is 3. The zero-order valence-electron chi connectivity index (χ0n) is 8.27. The number of nitrogen functional groups attached to an aromatic ring is 1. The van der Waals surface area contributed by atoms with Crippen LogP contribution >= 0.6 is 11.6 Å². The highest BCUT2D eigenvalue weighted by molar-refractivity contribution is 6.29.